The van der Waals surface area contributed by atoms with E-state index in [2.05, 4.69) is 31.4 Å². The van der Waals surface area contributed by atoms with Gasteiger partial charge in [-0.05, 0) is 18.3 Å². The molecule has 1 rings (SSSR count). The molecule has 2 N–H and O–H groups in total. The summed E-state index contributed by atoms with van der Waals surface area (Å²) in [6.07, 6.45) is 2.38. The van der Waals surface area contributed by atoms with E-state index in [4.69, 9.17) is 4.74 Å². The van der Waals surface area contributed by atoms with Crippen LogP contribution in [0, 0.1) is 5.41 Å². The Balaban J connectivity index is 2.08. The minimum absolute atomic E-state index is 0.0968. The van der Waals surface area contributed by atoms with Crippen LogP contribution >= 0.6 is 0 Å². The van der Waals surface area contributed by atoms with Gasteiger partial charge in [-0.2, -0.15) is 0 Å². The highest BCUT2D eigenvalue weighted by Gasteiger charge is 2.16. The van der Waals surface area contributed by atoms with Gasteiger partial charge in [0.1, 0.15) is 0 Å². The molecule has 4 heteroatoms. The van der Waals surface area contributed by atoms with Crippen molar-refractivity contribution in [1.29, 1.82) is 0 Å². The van der Waals surface area contributed by atoms with E-state index in [0.29, 0.717) is 13.1 Å². The summed E-state index contributed by atoms with van der Waals surface area (Å²) in [5, 5.41) is 5.66. The lowest BCUT2D eigenvalue weighted by molar-refractivity contribution is 0.111. The van der Waals surface area contributed by atoms with Crippen molar-refractivity contribution < 1.29 is 9.53 Å². The highest BCUT2D eigenvalue weighted by molar-refractivity contribution is 5.73. The van der Waals surface area contributed by atoms with Crippen LogP contribution in [0.2, 0.25) is 0 Å². The quantitative estimate of drug-likeness (QED) is 0.748. The molecule has 0 aromatic heterocycles. The molecule has 0 aliphatic carbocycles. The largest absolute Gasteiger partial charge is 0.376 e. The Kier molecular flexibility index (Phi) is 4.39. The fourth-order valence-corrected chi connectivity index (χ4v) is 1.42. The number of nitrogens with one attached hydrogen (secondary N) is 2. The van der Waals surface area contributed by atoms with Crippen LogP contribution in [0.25, 0.3) is 0 Å². The summed E-state index contributed by atoms with van der Waals surface area (Å²) in [6, 6.07) is -0.0968. The lowest BCUT2D eigenvalue weighted by Gasteiger charge is -2.19. The molecule has 88 valence electrons. The third kappa shape index (κ3) is 5.62. The maximum absolute atomic E-state index is 11.4. The van der Waals surface area contributed by atoms with Crippen LogP contribution in [0.5, 0.6) is 0 Å². The highest BCUT2D eigenvalue weighted by atomic mass is 16.5. The highest BCUT2D eigenvalue weighted by Crippen LogP contribution is 2.11. The van der Waals surface area contributed by atoms with Crippen molar-refractivity contribution in [2.75, 3.05) is 19.7 Å². The Morgan fingerprint density at radius 3 is 2.67 bits per heavy atom. The van der Waals surface area contributed by atoms with Crippen LogP contribution < -0.4 is 10.6 Å². The summed E-state index contributed by atoms with van der Waals surface area (Å²) in [5.41, 5.74) is 0.126. The first kappa shape index (κ1) is 12.3. The third-order valence-electron chi connectivity index (χ3n) is 2.29. The molecule has 1 heterocycles. The number of rotatable bonds is 3. The summed E-state index contributed by atoms with van der Waals surface area (Å²) in [6.45, 7) is 8.41. The van der Waals surface area contributed by atoms with Gasteiger partial charge in [0, 0.05) is 19.7 Å². The van der Waals surface area contributed by atoms with Crippen LogP contribution in [0.1, 0.15) is 33.6 Å². The third-order valence-corrected chi connectivity index (χ3v) is 2.29. The molecule has 15 heavy (non-hydrogen) atoms. The fourth-order valence-electron chi connectivity index (χ4n) is 1.42. The van der Waals surface area contributed by atoms with Gasteiger partial charge in [0.15, 0.2) is 0 Å². The minimum Gasteiger partial charge on any atom is -0.376 e. The standard InChI is InChI=1S/C11H22N2O2/c1-11(2,3)8-13-10(14)12-7-9-5-4-6-15-9/h9H,4-8H2,1-3H3,(H2,12,13,14). The number of carbonyl (C=O) groups is 1. The zero-order chi connectivity index (χ0) is 11.3. The number of carbonyl (C=O) groups excluding carboxylic acids is 1. The molecular weight excluding hydrogens is 192 g/mol. The number of urea groups is 1. The maximum Gasteiger partial charge on any atom is 0.314 e. The van der Waals surface area contributed by atoms with Crippen molar-refractivity contribution in [3.63, 3.8) is 0 Å². The topological polar surface area (TPSA) is 50.4 Å². The van der Waals surface area contributed by atoms with Crippen LogP contribution in [-0.2, 0) is 4.74 Å². The van der Waals surface area contributed by atoms with Crippen molar-refractivity contribution in [3.05, 3.63) is 0 Å². The molecule has 1 aliphatic rings. The first-order valence-corrected chi connectivity index (χ1v) is 5.61. The average Bonchev–Trinajstić information content (AvgIpc) is 2.62. The zero-order valence-electron chi connectivity index (χ0n) is 9.93. The molecule has 1 fully saturated rings. The van der Waals surface area contributed by atoms with Crippen LogP contribution in [0.15, 0.2) is 0 Å². The van der Waals surface area contributed by atoms with Crippen molar-refractivity contribution >= 4 is 6.03 Å². The molecule has 1 atom stereocenters. The fraction of sp³-hybridized carbons (Fsp3) is 0.909. The minimum atomic E-state index is -0.0968. The predicted octanol–water partition coefficient (Wildman–Crippen LogP) is 1.51. The summed E-state index contributed by atoms with van der Waals surface area (Å²) in [7, 11) is 0. The van der Waals surface area contributed by atoms with Gasteiger partial charge in [-0.3, -0.25) is 0 Å². The first-order valence-electron chi connectivity index (χ1n) is 5.61. The Labute approximate surface area is 91.8 Å². The summed E-state index contributed by atoms with van der Waals surface area (Å²) in [4.78, 5) is 11.4. The van der Waals surface area contributed by atoms with E-state index in [1.807, 2.05) is 0 Å². The zero-order valence-corrected chi connectivity index (χ0v) is 9.93. The molecule has 1 saturated heterocycles. The molecule has 2 amide bonds. The normalized spacial score (nSPS) is 21.4. The smallest absolute Gasteiger partial charge is 0.314 e. The first-order chi connectivity index (χ1) is 6.97. The Bertz CT molecular complexity index is 205. The summed E-state index contributed by atoms with van der Waals surface area (Å²) >= 11 is 0. The lowest BCUT2D eigenvalue weighted by Crippen LogP contribution is -2.42. The van der Waals surface area contributed by atoms with Gasteiger partial charge in [-0.1, -0.05) is 20.8 Å². The van der Waals surface area contributed by atoms with Gasteiger partial charge in [-0.25, -0.2) is 4.79 Å². The summed E-state index contributed by atoms with van der Waals surface area (Å²) in [5.74, 6) is 0. The SMILES string of the molecule is CC(C)(C)CNC(=O)NCC1CCCO1. The number of ether oxygens (including phenoxy) is 1. The van der Waals surface area contributed by atoms with E-state index < -0.39 is 0 Å². The van der Waals surface area contributed by atoms with E-state index >= 15 is 0 Å². The van der Waals surface area contributed by atoms with Gasteiger partial charge in [-0.15, -0.1) is 0 Å². The van der Waals surface area contributed by atoms with Gasteiger partial charge in [0.05, 0.1) is 6.10 Å². The molecule has 0 spiro atoms. The maximum atomic E-state index is 11.4. The van der Waals surface area contributed by atoms with Gasteiger partial charge < -0.3 is 15.4 Å². The van der Waals surface area contributed by atoms with Gasteiger partial charge in [0.2, 0.25) is 0 Å². The average molecular weight is 214 g/mol. The lowest BCUT2D eigenvalue weighted by atomic mass is 9.97. The van der Waals surface area contributed by atoms with Crippen LogP contribution in [-0.4, -0.2) is 31.8 Å². The van der Waals surface area contributed by atoms with Crippen LogP contribution in [0.4, 0.5) is 4.79 Å². The number of hydrogen-bond acceptors (Lipinski definition) is 2. The molecule has 0 aromatic carbocycles. The molecule has 1 aliphatic heterocycles. The second-order valence-electron chi connectivity index (χ2n) is 5.26. The van der Waals surface area contributed by atoms with E-state index in [1.54, 1.807) is 0 Å². The number of hydrogen-bond donors (Lipinski definition) is 2. The Morgan fingerprint density at radius 2 is 2.13 bits per heavy atom. The van der Waals surface area contributed by atoms with Crippen molar-refractivity contribution in [2.24, 2.45) is 5.41 Å². The van der Waals surface area contributed by atoms with Gasteiger partial charge >= 0.3 is 6.03 Å². The second-order valence-corrected chi connectivity index (χ2v) is 5.26. The number of amides is 2. The van der Waals surface area contributed by atoms with E-state index in [1.165, 1.54) is 0 Å². The van der Waals surface area contributed by atoms with Crippen molar-refractivity contribution in [3.8, 4) is 0 Å². The van der Waals surface area contributed by atoms with Crippen molar-refractivity contribution in [1.82, 2.24) is 10.6 Å². The Morgan fingerprint density at radius 1 is 1.40 bits per heavy atom. The molecule has 4 nitrogen and oxygen atoms in total. The molecule has 0 bridgehead atoms. The Hall–Kier alpha value is -0.770. The molecule has 1 unspecified atom stereocenters. The summed E-state index contributed by atoms with van der Waals surface area (Å²) < 4.78 is 5.41. The second kappa shape index (κ2) is 5.35. The van der Waals surface area contributed by atoms with Crippen LogP contribution in [0.3, 0.4) is 0 Å². The van der Waals surface area contributed by atoms with Crippen molar-refractivity contribution in [2.45, 2.75) is 39.7 Å². The van der Waals surface area contributed by atoms with Gasteiger partial charge in [0.25, 0.3) is 0 Å². The monoisotopic (exact) mass is 214 g/mol. The molecule has 0 radical (unpaired) electrons. The molecular formula is C11H22N2O2. The molecule has 0 aromatic rings. The van der Waals surface area contributed by atoms with E-state index in [0.717, 1.165) is 19.4 Å². The van der Waals surface area contributed by atoms with E-state index in [9.17, 15) is 4.79 Å². The van der Waals surface area contributed by atoms with E-state index in [-0.39, 0.29) is 17.6 Å². The predicted molar refractivity (Wildman–Crippen MR) is 59.8 cm³/mol. The molecule has 0 saturated carbocycles.